The molecule has 0 bridgehead atoms. The fraction of sp³-hybridized carbons (Fsp3) is 0.571. The van der Waals surface area contributed by atoms with Crippen LogP contribution in [-0.2, 0) is 19.1 Å². The molecule has 0 aromatic rings. The quantitative estimate of drug-likeness (QED) is 0.393. The molecule has 0 amide bonds. The van der Waals surface area contributed by atoms with E-state index in [0.29, 0.717) is 0 Å². The molecule has 0 aliphatic heterocycles. The number of carbonyl (C=O) groups is 3. The number of esters is 2. The third-order valence-electron chi connectivity index (χ3n) is 1.23. The average Bonchev–Trinajstić information content (AvgIpc) is 2.13. The Kier molecular flexibility index (Phi) is 5.66. The molecule has 0 fully saturated rings. The van der Waals surface area contributed by atoms with Crippen LogP contribution in [0.1, 0.15) is 12.8 Å². The van der Waals surface area contributed by atoms with Crippen LogP contribution in [0.25, 0.3) is 0 Å². The van der Waals surface area contributed by atoms with E-state index >= 15 is 0 Å². The largest absolute Gasteiger partial charge is 0.392 e. The number of ether oxygens (including phenoxy) is 1. The lowest BCUT2D eigenvalue weighted by Gasteiger charge is -1.99. The number of ketones is 1. The van der Waals surface area contributed by atoms with Gasteiger partial charge in [-0.05, 0) is 0 Å². The molecule has 0 rings (SSSR count). The first-order valence-corrected chi connectivity index (χ1v) is 3.75. The Morgan fingerprint density at radius 1 is 0.923 bits per heavy atom. The molecule has 0 aromatic carbocycles. The molecule has 74 valence electrons. The van der Waals surface area contributed by atoms with Crippen molar-refractivity contribution in [1.29, 1.82) is 0 Å². The van der Waals surface area contributed by atoms with Crippen LogP contribution in [0.4, 0.5) is 0 Å². The van der Waals surface area contributed by atoms with Crippen LogP contribution in [0.3, 0.4) is 0 Å². The minimum Gasteiger partial charge on any atom is -0.392 e. The number of nitrogens with two attached hydrogens (primary N) is 2. The van der Waals surface area contributed by atoms with E-state index in [1.807, 2.05) is 0 Å². The van der Waals surface area contributed by atoms with Gasteiger partial charge in [0.25, 0.3) is 0 Å². The predicted octanol–water partition coefficient (Wildman–Crippen LogP) is -1.68. The highest BCUT2D eigenvalue weighted by molar-refractivity contribution is 5.89. The van der Waals surface area contributed by atoms with Gasteiger partial charge in [-0.2, -0.15) is 0 Å². The molecule has 6 heteroatoms. The highest BCUT2D eigenvalue weighted by Gasteiger charge is 2.10. The molecule has 0 saturated carbocycles. The molecule has 0 aliphatic carbocycles. The zero-order chi connectivity index (χ0) is 10.3. The SMILES string of the molecule is NCC(=O)CCC(=O)OC(=O)CN. The minimum atomic E-state index is -0.801. The van der Waals surface area contributed by atoms with Gasteiger partial charge in [-0.25, -0.2) is 0 Å². The van der Waals surface area contributed by atoms with Crippen molar-refractivity contribution in [2.75, 3.05) is 13.1 Å². The van der Waals surface area contributed by atoms with Gasteiger partial charge in [-0.3, -0.25) is 14.4 Å². The maximum Gasteiger partial charge on any atom is 0.327 e. The average molecular weight is 188 g/mol. The maximum atomic E-state index is 10.7. The summed E-state index contributed by atoms with van der Waals surface area (Å²) in [5.41, 5.74) is 9.89. The van der Waals surface area contributed by atoms with Crippen LogP contribution in [0.15, 0.2) is 0 Å². The summed E-state index contributed by atoms with van der Waals surface area (Å²) in [5.74, 6) is -1.81. The summed E-state index contributed by atoms with van der Waals surface area (Å²) in [5, 5.41) is 0. The molecular formula is C7H12N2O4. The fourth-order valence-electron chi connectivity index (χ4n) is 0.563. The van der Waals surface area contributed by atoms with Crippen LogP contribution in [0, 0.1) is 0 Å². The van der Waals surface area contributed by atoms with Crippen molar-refractivity contribution in [2.45, 2.75) is 12.8 Å². The highest BCUT2D eigenvalue weighted by atomic mass is 16.6. The predicted molar refractivity (Wildman–Crippen MR) is 43.4 cm³/mol. The van der Waals surface area contributed by atoms with Gasteiger partial charge in [0.1, 0.15) is 5.78 Å². The Hall–Kier alpha value is -1.27. The summed E-state index contributed by atoms with van der Waals surface area (Å²) < 4.78 is 4.20. The molecule has 0 aromatic heterocycles. The highest BCUT2D eigenvalue weighted by Crippen LogP contribution is 1.93. The lowest BCUT2D eigenvalue weighted by molar-refractivity contribution is -0.159. The van der Waals surface area contributed by atoms with Crippen molar-refractivity contribution < 1.29 is 19.1 Å². The van der Waals surface area contributed by atoms with Gasteiger partial charge in [-0.1, -0.05) is 0 Å². The molecule has 0 heterocycles. The first-order chi connectivity index (χ1) is 6.10. The smallest absolute Gasteiger partial charge is 0.327 e. The topological polar surface area (TPSA) is 112 Å². The Morgan fingerprint density at radius 2 is 1.54 bits per heavy atom. The van der Waals surface area contributed by atoms with E-state index in [1.165, 1.54) is 0 Å². The summed E-state index contributed by atoms with van der Waals surface area (Å²) >= 11 is 0. The first kappa shape index (κ1) is 11.7. The van der Waals surface area contributed by atoms with Gasteiger partial charge < -0.3 is 16.2 Å². The van der Waals surface area contributed by atoms with E-state index in [1.54, 1.807) is 0 Å². The standard InChI is InChI=1S/C7H12N2O4/c8-3-5(10)1-2-6(11)13-7(12)4-9/h1-4,8-9H2. The molecular weight excluding hydrogens is 176 g/mol. The van der Waals surface area contributed by atoms with E-state index in [2.05, 4.69) is 4.74 Å². The third-order valence-corrected chi connectivity index (χ3v) is 1.23. The van der Waals surface area contributed by atoms with Crippen LogP contribution in [-0.4, -0.2) is 30.8 Å². The second-order valence-electron chi connectivity index (χ2n) is 2.29. The minimum absolute atomic E-state index is 0.00676. The van der Waals surface area contributed by atoms with E-state index in [0.717, 1.165) is 0 Å². The summed E-state index contributed by atoms with van der Waals surface area (Å²) in [6.07, 6.45) is -0.144. The lowest BCUT2D eigenvalue weighted by atomic mass is 10.2. The van der Waals surface area contributed by atoms with E-state index in [-0.39, 0.29) is 31.7 Å². The zero-order valence-corrected chi connectivity index (χ0v) is 7.12. The van der Waals surface area contributed by atoms with Gasteiger partial charge in [0.2, 0.25) is 0 Å². The molecule has 13 heavy (non-hydrogen) atoms. The molecule has 0 radical (unpaired) electrons. The van der Waals surface area contributed by atoms with Crippen molar-refractivity contribution in [3.05, 3.63) is 0 Å². The Balaban J connectivity index is 3.63. The summed E-state index contributed by atoms with van der Waals surface area (Å²) in [6, 6.07) is 0. The molecule has 0 atom stereocenters. The van der Waals surface area contributed by atoms with Crippen LogP contribution in [0.5, 0.6) is 0 Å². The second-order valence-corrected chi connectivity index (χ2v) is 2.29. The van der Waals surface area contributed by atoms with Crippen LogP contribution < -0.4 is 11.5 Å². The lowest BCUT2D eigenvalue weighted by Crippen LogP contribution is -2.22. The van der Waals surface area contributed by atoms with Crippen molar-refractivity contribution in [1.82, 2.24) is 0 Å². The normalized spacial score (nSPS) is 9.38. The van der Waals surface area contributed by atoms with Crippen molar-refractivity contribution >= 4 is 17.7 Å². The molecule has 0 unspecified atom stereocenters. The van der Waals surface area contributed by atoms with Gasteiger partial charge >= 0.3 is 11.9 Å². The summed E-state index contributed by atoms with van der Waals surface area (Å²) in [7, 11) is 0. The molecule has 4 N–H and O–H groups in total. The number of hydrogen-bond acceptors (Lipinski definition) is 6. The van der Waals surface area contributed by atoms with Gasteiger partial charge in [0, 0.05) is 6.42 Å². The summed E-state index contributed by atoms with van der Waals surface area (Å²) in [6.45, 7) is -0.464. The second kappa shape index (κ2) is 6.27. The number of carbonyl (C=O) groups excluding carboxylic acids is 3. The Morgan fingerprint density at radius 3 is 2.00 bits per heavy atom. The van der Waals surface area contributed by atoms with Gasteiger partial charge in [0.15, 0.2) is 0 Å². The molecule has 0 saturated heterocycles. The molecule has 6 nitrogen and oxygen atoms in total. The monoisotopic (exact) mass is 188 g/mol. The van der Waals surface area contributed by atoms with E-state index < -0.39 is 11.9 Å². The number of Topliss-reactive ketones (excluding diaryl/α,β-unsaturated/α-hetero) is 1. The number of rotatable bonds is 5. The Labute approximate surface area is 75.2 Å². The number of hydrogen-bond donors (Lipinski definition) is 2. The van der Waals surface area contributed by atoms with Crippen molar-refractivity contribution in [3.63, 3.8) is 0 Å². The molecule has 0 spiro atoms. The van der Waals surface area contributed by atoms with Crippen molar-refractivity contribution in [2.24, 2.45) is 11.5 Å². The fourth-order valence-corrected chi connectivity index (χ4v) is 0.563. The molecule has 0 aliphatic rings. The third kappa shape index (κ3) is 5.94. The van der Waals surface area contributed by atoms with E-state index in [9.17, 15) is 14.4 Å². The first-order valence-electron chi connectivity index (χ1n) is 3.75. The van der Waals surface area contributed by atoms with Crippen molar-refractivity contribution in [3.8, 4) is 0 Å². The van der Waals surface area contributed by atoms with Gasteiger partial charge in [-0.15, -0.1) is 0 Å². The zero-order valence-electron chi connectivity index (χ0n) is 7.12. The van der Waals surface area contributed by atoms with Crippen LogP contribution in [0.2, 0.25) is 0 Å². The summed E-state index contributed by atoms with van der Waals surface area (Å²) in [4.78, 5) is 31.8. The maximum absolute atomic E-state index is 10.7. The van der Waals surface area contributed by atoms with Gasteiger partial charge in [0.05, 0.1) is 19.5 Å². The van der Waals surface area contributed by atoms with E-state index in [4.69, 9.17) is 11.5 Å². The Bertz CT molecular complexity index is 215. The van der Waals surface area contributed by atoms with Crippen LogP contribution >= 0.6 is 0 Å².